The van der Waals surface area contributed by atoms with Gasteiger partial charge in [0.15, 0.2) is 23.0 Å². The molecule has 0 radical (unpaired) electrons. The summed E-state index contributed by atoms with van der Waals surface area (Å²) >= 11 is 0. The molecule has 3 heterocycles. The van der Waals surface area contributed by atoms with Crippen molar-refractivity contribution in [2.24, 2.45) is 0 Å². The topological polar surface area (TPSA) is 39.4 Å². The lowest BCUT2D eigenvalue weighted by molar-refractivity contribution is 0.516. The lowest BCUT2D eigenvalue weighted by Crippen LogP contribution is -2.25. The second-order valence-electron chi connectivity index (χ2n) is 14.6. The van der Waals surface area contributed by atoms with E-state index in [0.717, 1.165) is 33.8 Å². The van der Waals surface area contributed by atoms with Gasteiger partial charge in [-0.25, -0.2) is 0 Å². The molecule has 3 heteroatoms. The molecule has 13 rings (SSSR count). The van der Waals surface area contributed by atoms with E-state index in [1.54, 1.807) is 0 Å². The van der Waals surface area contributed by atoms with Crippen molar-refractivity contribution in [1.29, 1.82) is 0 Å². The predicted octanol–water partition coefficient (Wildman–Crippen LogP) is 12.5. The molecule has 0 amide bonds. The molecule has 0 fully saturated rings. The molecule has 0 saturated carbocycles. The average Bonchev–Trinajstić information content (AvgIpc) is 4.08. The quantitative estimate of drug-likeness (QED) is 0.183. The van der Waals surface area contributed by atoms with Crippen LogP contribution >= 0.6 is 0 Å². The lowest BCUT2D eigenvalue weighted by atomic mass is 9.71. The van der Waals surface area contributed by atoms with E-state index < -0.39 is 10.8 Å². The summed E-state index contributed by atoms with van der Waals surface area (Å²) in [6, 6.07) is 61.1. The number of rotatable bonds is 2. The Hall–Kier alpha value is -6.84. The summed E-state index contributed by atoms with van der Waals surface area (Å²) in [5, 5.41) is 0. The van der Waals surface area contributed by atoms with Crippen LogP contribution in [-0.4, -0.2) is 0 Å². The monoisotopic (exact) mass is 676 g/mol. The number of benzene rings is 6. The molecule has 0 bridgehead atoms. The normalized spacial score (nSPS) is 15.1. The van der Waals surface area contributed by atoms with Gasteiger partial charge in [-0.3, -0.25) is 0 Å². The largest absolute Gasteiger partial charge is 0.452 e. The Bertz CT molecular complexity index is 2740. The SMILES string of the molecule is c1ccc2c(c1)-c1ccccc1C21c2ccccc2-c2oc(-c3ccc(-c4cc5c(o4)-c4ccccc4C54c5ccccc5-c5ccccc54)o3)cc21. The first-order valence-corrected chi connectivity index (χ1v) is 18.3. The number of furan rings is 3. The molecule has 6 aromatic carbocycles. The van der Waals surface area contributed by atoms with Gasteiger partial charge in [-0.15, -0.1) is 0 Å². The molecular weight excluding hydrogens is 649 g/mol. The van der Waals surface area contributed by atoms with Gasteiger partial charge in [0.05, 0.1) is 10.8 Å². The van der Waals surface area contributed by atoms with Gasteiger partial charge >= 0.3 is 0 Å². The first-order valence-electron chi connectivity index (χ1n) is 18.3. The summed E-state index contributed by atoms with van der Waals surface area (Å²) in [5.41, 5.74) is 16.4. The van der Waals surface area contributed by atoms with Crippen LogP contribution < -0.4 is 0 Å². The van der Waals surface area contributed by atoms with Crippen molar-refractivity contribution >= 4 is 0 Å². The zero-order chi connectivity index (χ0) is 34.5. The first-order chi connectivity index (χ1) is 26.3. The average molecular weight is 677 g/mol. The molecule has 0 aliphatic heterocycles. The van der Waals surface area contributed by atoms with Crippen LogP contribution in [0.4, 0.5) is 0 Å². The van der Waals surface area contributed by atoms with Crippen LogP contribution in [0, 0.1) is 0 Å². The van der Waals surface area contributed by atoms with Crippen LogP contribution in [0.1, 0.15) is 44.5 Å². The fourth-order valence-electron chi connectivity index (χ4n) is 10.5. The highest BCUT2D eigenvalue weighted by atomic mass is 16.4. The Morgan fingerprint density at radius 2 is 0.528 bits per heavy atom. The third-order valence-electron chi connectivity index (χ3n) is 12.4. The van der Waals surface area contributed by atoms with E-state index in [1.165, 1.54) is 55.6 Å². The molecule has 3 aromatic heterocycles. The molecule has 0 unspecified atom stereocenters. The maximum absolute atomic E-state index is 6.84. The lowest BCUT2D eigenvalue weighted by Gasteiger charge is -2.29. The Morgan fingerprint density at radius 1 is 0.245 bits per heavy atom. The van der Waals surface area contributed by atoms with Gasteiger partial charge in [0.1, 0.15) is 11.5 Å². The van der Waals surface area contributed by atoms with Gasteiger partial charge in [0.25, 0.3) is 0 Å². The fraction of sp³-hybridized carbons (Fsp3) is 0.0400. The van der Waals surface area contributed by atoms with Crippen molar-refractivity contribution in [2.45, 2.75) is 10.8 Å². The Morgan fingerprint density at radius 3 is 0.868 bits per heavy atom. The first kappa shape index (κ1) is 27.8. The van der Waals surface area contributed by atoms with Crippen LogP contribution in [0.5, 0.6) is 0 Å². The molecule has 0 atom stereocenters. The maximum Gasteiger partial charge on any atom is 0.170 e. The van der Waals surface area contributed by atoms with Crippen molar-refractivity contribution in [1.82, 2.24) is 0 Å². The Labute approximate surface area is 305 Å². The summed E-state index contributed by atoms with van der Waals surface area (Å²) in [6.07, 6.45) is 0. The van der Waals surface area contributed by atoms with Crippen LogP contribution in [0.15, 0.2) is 183 Å². The van der Waals surface area contributed by atoms with Crippen LogP contribution in [0.3, 0.4) is 0 Å². The zero-order valence-corrected chi connectivity index (χ0v) is 28.4. The summed E-state index contributed by atoms with van der Waals surface area (Å²) in [7, 11) is 0. The van der Waals surface area contributed by atoms with E-state index in [0.29, 0.717) is 23.0 Å². The van der Waals surface area contributed by atoms with Crippen LogP contribution in [0.2, 0.25) is 0 Å². The third kappa shape index (κ3) is 3.12. The van der Waals surface area contributed by atoms with E-state index >= 15 is 0 Å². The van der Waals surface area contributed by atoms with E-state index in [2.05, 4.69) is 158 Å². The van der Waals surface area contributed by atoms with Gasteiger partial charge in [-0.2, -0.15) is 0 Å². The van der Waals surface area contributed by atoms with Crippen molar-refractivity contribution in [3.63, 3.8) is 0 Å². The van der Waals surface area contributed by atoms with E-state index in [4.69, 9.17) is 13.3 Å². The van der Waals surface area contributed by atoms with Crippen molar-refractivity contribution in [3.05, 3.63) is 214 Å². The molecule has 0 saturated heterocycles. The molecule has 3 nitrogen and oxygen atoms in total. The molecule has 2 spiro atoms. The Balaban J connectivity index is 0.978. The fourth-order valence-corrected chi connectivity index (χ4v) is 10.5. The van der Waals surface area contributed by atoms with Crippen molar-refractivity contribution in [3.8, 4) is 67.9 Å². The van der Waals surface area contributed by atoms with Gasteiger partial charge in [0.2, 0.25) is 0 Å². The molecule has 246 valence electrons. The van der Waals surface area contributed by atoms with Gasteiger partial charge in [-0.05, 0) is 79.9 Å². The second-order valence-corrected chi connectivity index (χ2v) is 14.6. The Kier molecular flexibility index (Phi) is 5.00. The minimum Gasteiger partial charge on any atom is -0.452 e. The molecule has 0 N–H and O–H groups in total. The molecule has 9 aromatic rings. The van der Waals surface area contributed by atoms with Gasteiger partial charge in [0, 0.05) is 22.3 Å². The summed E-state index contributed by atoms with van der Waals surface area (Å²) in [5.74, 6) is 4.55. The molecule has 53 heavy (non-hydrogen) atoms. The van der Waals surface area contributed by atoms with E-state index in [-0.39, 0.29) is 0 Å². The second kappa shape index (κ2) is 9.52. The standard InChI is InChI=1S/C50H28O3/c1-7-19-35-29(13-1)30-14-2-8-20-36(30)49(35)39-23-11-5-17-33(39)47-41(49)27-45(52-47)43-25-26-44(51-43)46-28-42-48(53-46)34-18-6-12-24-40(34)50(42)37-21-9-3-15-31(37)32-16-4-10-22-38(32)50/h1-28H. The molecule has 4 aliphatic carbocycles. The highest BCUT2D eigenvalue weighted by molar-refractivity contribution is 5.96. The van der Waals surface area contributed by atoms with Crippen molar-refractivity contribution < 1.29 is 13.3 Å². The smallest absolute Gasteiger partial charge is 0.170 e. The number of hydrogen-bond donors (Lipinski definition) is 0. The predicted molar refractivity (Wildman–Crippen MR) is 207 cm³/mol. The van der Waals surface area contributed by atoms with Crippen molar-refractivity contribution in [2.75, 3.05) is 0 Å². The summed E-state index contributed by atoms with van der Waals surface area (Å²) in [4.78, 5) is 0. The van der Waals surface area contributed by atoms with Gasteiger partial charge < -0.3 is 13.3 Å². The third-order valence-corrected chi connectivity index (χ3v) is 12.4. The van der Waals surface area contributed by atoms with E-state index in [9.17, 15) is 0 Å². The number of hydrogen-bond acceptors (Lipinski definition) is 3. The number of fused-ring (bicyclic) bond motifs is 20. The van der Waals surface area contributed by atoms with Crippen LogP contribution in [-0.2, 0) is 10.8 Å². The van der Waals surface area contributed by atoms with E-state index in [1.807, 2.05) is 12.1 Å². The highest BCUT2D eigenvalue weighted by Gasteiger charge is 2.55. The summed E-state index contributed by atoms with van der Waals surface area (Å²) in [6.45, 7) is 0. The minimum atomic E-state index is -0.465. The molecule has 4 aliphatic rings. The summed E-state index contributed by atoms with van der Waals surface area (Å²) < 4.78 is 20.4. The zero-order valence-electron chi connectivity index (χ0n) is 28.4. The van der Waals surface area contributed by atoms with Gasteiger partial charge in [-0.1, -0.05) is 146 Å². The maximum atomic E-state index is 6.84. The minimum absolute atomic E-state index is 0.465. The molecular formula is C50H28O3. The highest BCUT2D eigenvalue weighted by Crippen LogP contribution is 2.65. The van der Waals surface area contributed by atoms with Crippen LogP contribution in [0.25, 0.3) is 67.9 Å².